The summed E-state index contributed by atoms with van der Waals surface area (Å²) in [4.78, 5) is 15.7. The predicted octanol–water partition coefficient (Wildman–Crippen LogP) is 3.03. The summed E-state index contributed by atoms with van der Waals surface area (Å²) >= 11 is 0. The SMILES string of the molecule is CN=C(NCCNC(=O)OC(C)(C)C)NCCOC1CCCCCC1.I. The van der Waals surface area contributed by atoms with Gasteiger partial charge in [-0.05, 0) is 33.6 Å². The molecular weight excluding hydrogens is 447 g/mol. The average Bonchev–Trinajstić information content (AvgIpc) is 2.80. The van der Waals surface area contributed by atoms with E-state index in [-0.39, 0.29) is 24.0 Å². The Morgan fingerprint density at radius 3 is 2.15 bits per heavy atom. The predicted molar refractivity (Wildman–Crippen MR) is 116 cm³/mol. The van der Waals surface area contributed by atoms with E-state index in [0.29, 0.717) is 31.8 Å². The van der Waals surface area contributed by atoms with Crippen LogP contribution in [-0.2, 0) is 9.47 Å². The number of ether oxygens (including phenoxy) is 2. The van der Waals surface area contributed by atoms with E-state index in [1.54, 1.807) is 7.05 Å². The van der Waals surface area contributed by atoms with Crippen molar-refractivity contribution < 1.29 is 14.3 Å². The van der Waals surface area contributed by atoms with E-state index in [2.05, 4.69) is 20.9 Å². The second-order valence-electron chi connectivity index (χ2n) is 7.34. The van der Waals surface area contributed by atoms with Crippen LogP contribution in [0.2, 0.25) is 0 Å². The second-order valence-corrected chi connectivity index (χ2v) is 7.34. The molecule has 0 unspecified atom stereocenters. The number of halogens is 1. The molecule has 3 N–H and O–H groups in total. The molecular formula is C18H37IN4O3. The lowest BCUT2D eigenvalue weighted by Gasteiger charge is -2.20. The molecule has 1 aliphatic rings. The standard InChI is InChI=1S/C18H36N4O3.HI/c1-18(2,3)25-17(23)22-12-11-20-16(19-4)21-13-14-24-15-9-7-5-6-8-10-15;/h15H,5-14H2,1-4H3,(H,22,23)(H2,19,20,21);1H. The number of carbonyl (C=O) groups excluding carboxylic acids is 1. The van der Waals surface area contributed by atoms with Gasteiger partial charge in [0.25, 0.3) is 0 Å². The van der Waals surface area contributed by atoms with Crippen molar-refractivity contribution in [2.24, 2.45) is 4.99 Å². The highest BCUT2D eigenvalue weighted by Crippen LogP contribution is 2.19. The molecule has 1 saturated carbocycles. The third-order valence-corrected chi connectivity index (χ3v) is 3.86. The second kappa shape index (κ2) is 14.3. The van der Waals surface area contributed by atoms with Crippen molar-refractivity contribution in [2.45, 2.75) is 71.0 Å². The monoisotopic (exact) mass is 484 g/mol. The van der Waals surface area contributed by atoms with E-state index in [1.807, 2.05) is 20.8 Å². The Balaban J connectivity index is 0.00000625. The van der Waals surface area contributed by atoms with Crippen molar-refractivity contribution in [3.8, 4) is 0 Å². The van der Waals surface area contributed by atoms with E-state index in [9.17, 15) is 4.79 Å². The van der Waals surface area contributed by atoms with E-state index in [4.69, 9.17) is 9.47 Å². The Morgan fingerprint density at radius 1 is 1.00 bits per heavy atom. The summed E-state index contributed by atoms with van der Waals surface area (Å²) in [6, 6.07) is 0. The van der Waals surface area contributed by atoms with Gasteiger partial charge in [0.1, 0.15) is 5.60 Å². The molecule has 0 radical (unpaired) electrons. The Bertz CT molecular complexity index is 406. The van der Waals surface area contributed by atoms with Gasteiger partial charge in [0.15, 0.2) is 5.96 Å². The molecule has 0 bridgehead atoms. The number of hydrogen-bond acceptors (Lipinski definition) is 4. The summed E-state index contributed by atoms with van der Waals surface area (Å²) in [5.41, 5.74) is -0.480. The Morgan fingerprint density at radius 2 is 1.58 bits per heavy atom. The Labute approximate surface area is 175 Å². The molecule has 1 fully saturated rings. The minimum absolute atomic E-state index is 0. The molecule has 0 spiro atoms. The first-order chi connectivity index (χ1) is 11.9. The number of carbonyl (C=O) groups is 1. The van der Waals surface area contributed by atoms with Gasteiger partial charge in [-0.25, -0.2) is 4.79 Å². The maximum Gasteiger partial charge on any atom is 0.407 e. The summed E-state index contributed by atoms with van der Waals surface area (Å²) in [5, 5.41) is 9.07. The number of aliphatic imine (C=N–C) groups is 1. The zero-order valence-corrected chi connectivity index (χ0v) is 19.1. The normalized spacial score (nSPS) is 16.2. The van der Waals surface area contributed by atoms with Gasteiger partial charge in [-0.3, -0.25) is 4.99 Å². The molecule has 7 nitrogen and oxygen atoms in total. The van der Waals surface area contributed by atoms with Crippen molar-refractivity contribution in [3.05, 3.63) is 0 Å². The Hall–Kier alpha value is -0.770. The highest BCUT2D eigenvalue weighted by Gasteiger charge is 2.15. The minimum Gasteiger partial charge on any atom is -0.444 e. The van der Waals surface area contributed by atoms with Gasteiger partial charge in [-0.2, -0.15) is 0 Å². The molecule has 8 heteroatoms. The summed E-state index contributed by atoms with van der Waals surface area (Å²) in [5.74, 6) is 0.704. The molecule has 0 heterocycles. The van der Waals surface area contributed by atoms with Crippen LogP contribution in [0.5, 0.6) is 0 Å². The molecule has 1 amide bonds. The van der Waals surface area contributed by atoms with Crippen LogP contribution in [0.3, 0.4) is 0 Å². The van der Waals surface area contributed by atoms with Crippen molar-refractivity contribution >= 4 is 36.0 Å². The van der Waals surface area contributed by atoms with Gasteiger partial charge in [-0.1, -0.05) is 25.7 Å². The molecule has 0 aliphatic heterocycles. The Kier molecular flexibility index (Phi) is 13.9. The zero-order chi connectivity index (χ0) is 18.5. The zero-order valence-electron chi connectivity index (χ0n) is 16.7. The number of rotatable bonds is 7. The van der Waals surface area contributed by atoms with Crippen molar-refractivity contribution in [1.29, 1.82) is 0 Å². The van der Waals surface area contributed by atoms with Crippen LogP contribution in [0, 0.1) is 0 Å². The summed E-state index contributed by atoms with van der Waals surface area (Å²) in [6.07, 6.45) is 7.62. The molecule has 1 rings (SSSR count). The van der Waals surface area contributed by atoms with Crippen LogP contribution in [0.25, 0.3) is 0 Å². The maximum absolute atomic E-state index is 11.5. The summed E-state index contributed by atoms with van der Waals surface area (Å²) in [6.45, 7) is 7.96. The lowest BCUT2D eigenvalue weighted by molar-refractivity contribution is 0.0468. The fourth-order valence-electron chi connectivity index (χ4n) is 2.68. The first-order valence-electron chi connectivity index (χ1n) is 9.43. The molecule has 1 aliphatic carbocycles. The van der Waals surface area contributed by atoms with Gasteiger partial charge in [-0.15, -0.1) is 24.0 Å². The maximum atomic E-state index is 11.5. The van der Waals surface area contributed by atoms with Crippen LogP contribution < -0.4 is 16.0 Å². The van der Waals surface area contributed by atoms with E-state index in [1.165, 1.54) is 38.5 Å². The fourth-order valence-corrected chi connectivity index (χ4v) is 2.68. The van der Waals surface area contributed by atoms with Gasteiger partial charge in [0.2, 0.25) is 0 Å². The highest BCUT2D eigenvalue weighted by molar-refractivity contribution is 14.0. The van der Waals surface area contributed by atoms with Gasteiger partial charge in [0.05, 0.1) is 12.7 Å². The quantitative estimate of drug-likeness (QED) is 0.170. The van der Waals surface area contributed by atoms with Gasteiger partial charge in [0, 0.05) is 26.7 Å². The van der Waals surface area contributed by atoms with Crippen LogP contribution >= 0.6 is 24.0 Å². The third-order valence-electron chi connectivity index (χ3n) is 3.86. The van der Waals surface area contributed by atoms with Crippen LogP contribution in [0.15, 0.2) is 4.99 Å². The van der Waals surface area contributed by atoms with E-state index >= 15 is 0 Å². The third kappa shape index (κ3) is 13.4. The number of nitrogens with one attached hydrogen (secondary N) is 3. The minimum atomic E-state index is -0.480. The molecule has 0 aromatic rings. The van der Waals surface area contributed by atoms with E-state index < -0.39 is 11.7 Å². The van der Waals surface area contributed by atoms with Crippen LogP contribution in [0.1, 0.15) is 59.3 Å². The molecule has 0 aromatic heterocycles. The largest absolute Gasteiger partial charge is 0.444 e. The molecule has 0 aromatic carbocycles. The van der Waals surface area contributed by atoms with Crippen LogP contribution in [0.4, 0.5) is 4.79 Å². The van der Waals surface area contributed by atoms with Crippen LogP contribution in [-0.4, -0.2) is 57.0 Å². The number of nitrogens with zero attached hydrogens (tertiary/aromatic N) is 1. The van der Waals surface area contributed by atoms with E-state index in [0.717, 1.165) is 6.54 Å². The van der Waals surface area contributed by atoms with Crippen molar-refractivity contribution in [3.63, 3.8) is 0 Å². The number of amides is 1. The smallest absolute Gasteiger partial charge is 0.407 e. The van der Waals surface area contributed by atoms with Gasteiger partial charge < -0.3 is 25.4 Å². The topological polar surface area (TPSA) is 84.0 Å². The molecule has 0 saturated heterocycles. The first-order valence-corrected chi connectivity index (χ1v) is 9.43. The molecule has 154 valence electrons. The first kappa shape index (κ1) is 25.2. The van der Waals surface area contributed by atoms with Crippen molar-refractivity contribution in [1.82, 2.24) is 16.0 Å². The molecule has 0 atom stereocenters. The number of guanidine groups is 1. The molecule has 26 heavy (non-hydrogen) atoms. The average molecular weight is 484 g/mol. The number of hydrogen-bond donors (Lipinski definition) is 3. The number of alkyl carbamates (subject to hydrolysis) is 1. The lowest BCUT2D eigenvalue weighted by Crippen LogP contribution is -2.43. The highest BCUT2D eigenvalue weighted by atomic mass is 127. The summed E-state index contributed by atoms with van der Waals surface area (Å²) in [7, 11) is 1.72. The van der Waals surface area contributed by atoms with Crippen molar-refractivity contribution in [2.75, 3.05) is 33.3 Å². The summed E-state index contributed by atoms with van der Waals surface area (Å²) < 4.78 is 11.1. The van der Waals surface area contributed by atoms with Gasteiger partial charge >= 0.3 is 6.09 Å². The fraction of sp³-hybridized carbons (Fsp3) is 0.889. The lowest BCUT2D eigenvalue weighted by atomic mass is 10.1.